The van der Waals surface area contributed by atoms with Crippen LogP contribution in [0.4, 0.5) is 39.5 Å². The Balaban J connectivity index is 3.32. The molecule has 0 aliphatic heterocycles. The zero-order chi connectivity index (χ0) is 16.6. The number of nitrogens with two attached hydrogens (primary N) is 1. The van der Waals surface area contributed by atoms with Gasteiger partial charge < -0.3 is 5.73 Å². The summed E-state index contributed by atoms with van der Waals surface area (Å²) in [5.41, 5.74) is 0.763. The molecule has 21 heavy (non-hydrogen) atoms. The summed E-state index contributed by atoms with van der Waals surface area (Å²) in [5, 5.41) is 0. The van der Waals surface area contributed by atoms with E-state index in [-0.39, 0.29) is 18.2 Å². The van der Waals surface area contributed by atoms with Gasteiger partial charge in [0, 0.05) is 6.04 Å². The Hall–Kier alpha value is -1.45. The average molecular weight is 325 g/mol. The molecule has 1 unspecified atom stereocenters. The van der Waals surface area contributed by atoms with Crippen molar-refractivity contribution in [2.45, 2.75) is 31.0 Å². The molecule has 0 aliphatic carbocycles. The molecule has 1 atom stereocenters. The number of hydrogen-bond donors (Lipinski definition) is 1. The van der Waals surface area contributed by atoms with Crippen LogP contribution in [0.2, 0.25) is 0 Å². The molecule has 0 saturated heterocycles. The third kappa shape index (κ3) is 5.10. The number of benzene rings is 1. The maximum Gasteiger partial charge on any atom is 0.416 e. The standard InChI is InChI=1S/C11H8F9N/c12-9(13,14)4-8(21)5-1-6(10(15,16)17)3-7(2-5)11(18,19)20/h1-3,8H,4,21H2. The molecule has 1 aromatic carbocycles. The summed E-state index contributed by atoms with van der Waals surface area (Å²) >= 11 is 0. The molecule has 10 heteroatoms. The first-order valence-electron chi connectivity index (χ1n) is 5.32. The molecule has 0 spiro atoms. The molecule has 0 aromatic heterocycles. The van der Waals surface area contributed by atoms with E-state index in [1.807, 2.05) is 0 Å². The van der Waals surface area contributed by atoms with E-state index < -0.39 is 47.7 Å². The summed E-state index contributed by atoms with van der Waals surface area (Å²) in [5.74, 6) is 0. The molecule has 1 rings (SSSR count). The minimum atomic E-state index is -5.13. The van der Waals surface area contributed by atoms with Crippen LogP contribution >= 0.6 is 0 Å². The fraction of sp³-hybridized carbons (Fsp3) is 0.455. The van der Waals surface area contributed by atoms with Gasteiger partial charge in [0.15, 0.2) is 0 Å². The zero-order valence-electron chi connectivity index (χ0n) is 10.00. The molecule has 2 N–H and O–H groups in total. The van der Waals surface area contributed by atoms with Crippen molar-refractivity contribution in [3.63, 3.8) is 0 Å². The molecule has 0 aliphatic rings. The third-order valence-electron chi connectivity index (χ3n) is 2.49. The number of alkyl halides is 9. The Morgan fingerprint density at radius 2 is 1.14 bits per heavy atom. The van der Waals surface area contributed by atoms with E-state index >= 15 is 0 Å². The predicted octanol–water partition coefficient (Wildman–Crippen LogP) is 4.68. The van der Waals surface area contributed by atoms with Gasteiger partial charge in [-0.3, -0.25) is 0 Å². The summed E-state index contributed by atoms with van der Waals surface area (Å²) in [6.07, 6.45) is -16.8. The smallest absolute Gasteiger partial charge is 0.324 e. The van der Waals surface area contributed by atoms with Crippen molar-refractivity contribution in [1.29, 1.82) is 0 Å². The monoisotopic (exact) mass is 325 g/mol. The first kappa shape index (κ1) is 17.6. The Kier molecular flexibility index (Phi) is 4.52. The molecule has 120 valence electrons. The number of halogens is 9. The Morgan fingerprint density at radius 1 is 0.762 bits per heavy atom. The topological polar surface area (TPSA) is 26.0 Å². The molecule has 1 nitrogen and oxygen atoms in total. The summed E-state index contributed by atoms with van der Waals surface area (Å²) in [6, 6.07) is -1.82. The van der Waals surface area contributed by atoms with Gasteiger partial charge in [-0.05, 0) is 23.8 Å². The summed E-state index contributed by atoms with van der Waals surface area (Å²) in [4.78, 5) is 0. The zero-order valence-corrected chi connectivity index (χ0v) is 10.00. The molecule has 0 bridgehead atoms. The van der Waals surface area contributed by atoms with Gasteiger partial charge in [0.05, 0.1) is 17.5 Å². The van der Waals surface area contributed by atoms with Crippen molar-refractivity contribution in [2.75, 3.05) is 0 Å². The Bertz CT molecular complexity index is 466. The fourth-order valence-electron chi connectivity index (χ4n) is 1.56. The third-order valence-corrected chi connectivity index (χ3v) is 2.49. The molecule has 0 heterocycles. The molecule has 0 radical (unpaired) electrons. The lowest BCUT2D eigenvalue weighted by Gasteiger charge is -2.18. The van der Waals surface area contributed by atoms with Crippen LogP contribution in [0.25, 0.3) is 0 Å². The van der Waals surface area contributed by atoms with Crippen molar-refractivity contribution in [2.24, 2.45) is 5.73 Å². The minimum absolute atomic E-state index is 0.177. The first-order valence-corrected chi connectivity index (χ1v) is 5.32. The van der Waals surface area contributed by atoms with E-state index in [0.717, 1.165) is 0 Å². The highest BCUT2D eigenvalue weighted by Crippen LogP contribution is 2.38. The highest BCUT2D eigenvalue weighted by atomic mass is 19.4. The second-order valence-corrected chi connectivity index (χ2v) is 4.27. The summed E-state index contributed by atoms with van der Waals surface area (Å²) < 4.78 is 111. The van der Waals surface area contributed by atoms with Crippen LogP contribution in [-0.4, -0.2) is 6.18 Å². The van der Waals surface area contributed by atoms with Crippen molar-refractivity contribution in [1.82, 2.24) is 0 Å². The van der Waals surface area contributed by atoms with Crippen LogP contribution in [0.15, 0.2) is 18.2 Å². The van der Waals surface area contributed by atoms with Crippen molar-refractivity contribution < 1.29 is 39.5 Å². The van der Waals surface area contributed by atoms with Crippen molar-refractivity contribution in [3.05, 3.63) is 34.9 Å². The van der Waals surface area contributed by atoms with Gasteiger partial charge in [0.1, 0.15) is 0 Å². The van der Waals surface area contributed by atoms with E-state index in [4.69, 9.17) is 5.73 Å². The summed E-state index contributed by atoms with van der Waals surface area (Å²) in [6.45, 7) is 0. The maximum absolute atomic E-state index is 12.5. The molecule has 0 fully saturated rings. The van der Waals surface area contributed by atoms with Gasteiger partial charge in [-0.2, -0.15) is 39.5 Å². The lowest BCUT2D eigenvalue weighted by molar-refractivity contribution is -0.143. The molecule has 1 aromatic rings. The summed E-state index contributed by atoms with van der Waals surface area (Å²) in [7, 11) is 0. The minimum Gasteiger partial charge on any atom is -0.324 e. The molecular weight excluding hydrogens is 317 g/mol. The van der Waals surface area contributed by atoms with Crippen LogP contribution in [0, 0.1) is 0 Å². The van der Waals surface area contributed by atoms with Crippen LogP contribution in [-0.2, 0) is 12.4 Å². The van der Waals surface area contributed by atoms with Crippen LogP contribution in [0.3, 0.4) is 0 Å². The van der Waals surface area contributed by atoms with E-state index in [1.54, 1.807) is 0 Å². The average Bonchev–Trinajstić information content (AvgIpc) is 2.23. The quantitative estimate of drug-likeness (QED) is 0.785. The van der Waals surface area contributed by atoms with Gasteiger partial charge in [-0.1, -0.05) is 0 Å². The van der Waals surface area contributed by atoms with Gasteiger partial charge in [0.2, 0.25) is 0 Å². The van der Waals surface area contributed by atoms with Crippen molar-refractivity contribution >= 4 is 0 Å². The second-order valence-electron chi connectivity index (χ2n) is 4.27. The number of hydrogen-bond acceptors (Lipinski definition) is 1. The van der Waals surface area contributed by atoms with Crippen LogP contribution in [0.1, 0.15) is 29.2 Å². The maximum atomic E-state index is 12.5. The van der Waals surface area contributed by atoms with Gasteiger partial charge in [0.25, 0.3) is 0 Å². The lowest BCUT2D eigenvalue weighted by atomic mass is 9.98. The predicted molar refractivity (Wildman–Crippen MR) is 54.0 cm³/mol. The molecule has 0 saturated carbocycles. The molecular formula is C11H8F9N. The lowest BCUT2D eigenvalue weighted by Crippen LogP contribution is -2.22. The Morgan fingerprint density at radius 3 is 1.43 bits per heavy atom. The second kappa shape index (κ2) is 5.39. The Labute approximate surface area is 112 Å². The molecule has 0 amide bonds. The van der Waals surface area contributed by atoms with E-state index in [2.05, 4.69) is 0 Å². The van der Waals surface area contributed by atoms with Crippen LogP contribution < -0.4 is 5.73 Å². The highest BCUT2D eigenvalue weighted by Gasteiger charge is 2.38. The van der Waals surface area contributed by atoms with E-state index in [1.165, 1.54) is 0 Å². The van der Waals surface area contributed by atoms with Gasteiger partial charge in [-0.25, -0.2) is 0 Å². The normalized spacial score (nSPS) is 15.1. The van der Waals surface area contributed by atoms with Gasteiger partial charge >= 0.3 is 18.5 Å². The van der Waals surface area contributed by atoms with Crippen molar-refractivity contribution in [3.8, 4) is 0 Å². The van der Waals surface area contributed by atoms with Gasteiger partial charge in [-0.15, -0.1) is 0 Å². The number of rotatable bonds is 2. The van der Waals surface area contributed by atoms with E-state index in [0.29, 0.717) is 0 Å². The SMILES string of the molecule is NC(CC(F)(F)F)c1cc(C(F)(F)F)cc(C(F)(F)F)c1. The van der Waals surface area contributed by atoms with Crippen LogP contribution in [0.5, 0.6) is 0 Å². The largest absolute Gasteiger partial charge is 0.416 e. The van der Waals surface area contributed by atoms with E-state index in [9.17, 15) is 39.5 Å². The fourth-order valence-corrected chi connectivity index (χ4v) is 1.56. The first-order chi connectivity index (χ1) is 9.20. The highest BCUT2D eigenvalue weighted by molar-refractivity contribution is 5.35.